The van der Waals surface area contributed by atoms with Crippen molar-refractivity contribution in [3.8, 4) is 0 Å². The Morgan fingerprint density at radius 3 is 2.60 bits per heavy atom. The molecule has 2 aromatic rings. The van der Waals surface area contributed by atoms with Crippen LogP contribution in [0.25, 0.3) is 6.08 Å². The summed E-state index contributed by atoms with van der Waals surface area (Å²) in [6.45, 7) is 3.09. The number of piperidine rings is 1. The van der Waals surface area contributed by atoms with Gasteiger partial charge in [-0.1, -0.05) is 40.6 Å². The molecule has 4 rings (SSSR count). The molecule has 1 saturated carbocycles. The van der Waals surface area contributed by atoms with E-state index in [9.17, 15) is 14.0 Å². The Labute approximate surface area is 174 Å². The standard InChI is InChI=1S/C22H25FN4O3/c1-15-19(25-30-24-15)14-26(2)20(28)17-13-22(17)8-10-27(11-9-22)21(29)18(23)12-16-6-4-3-5-7-16/h3-7,12,17H,8-11,13-14H2,1-2H3/b18-12-/t17-/m1/s1. The number of hydrogen-bond donors (Lipinski definition) is 0. The average molecular weight is 412 g/mol. The highest BCUT2D eigenvalue weighted by Gasteiger charge is 2.59. The molecule has 7 nitrogen and oxygen atoms in total. The maximum absolute atomic E-state index is 14.4. The second kappa shape index (κ2) is 8.01. The molecule has 2 amide bonds. The quantitative estimate of drug-likeness (QED) is 0.706. The highest BCUT2D eigenvalue weighted by Crippen LogP contribution is 2.60. The van der Waals surface area contributed by atoms with Gasteiger partial charge in [0.15, 0.2) is 5.83 Å². The van der Waals surface area contributed by atoms with Crippen molar-refractivity contribution in [3.63, 3.8) is 0 Å². The Kier molecular flexibility index (Phi) is 5.40. The summed E-state index contributed by atoms with van der Waals surface area (Å²) in [4.78, 5) is 28.5. The molecule has 0 unspecified atom stereocenters. The minimum absolute atomic E-state index is 0.0513. The van der Waals surface area contributed by atoms with Crippen molar-refractivity contribution in [2.24, 2.45) is 11.3 Å². The molecule has 2 aliphatic rings. The molecule has 0 N–H and O–H groups in total. The zero-order chi connectivity index (χ0) is 21.3. The van der Waals surface area contributed by atoms with Crippen LogP contribution < -0.4 is 0 Å². The summed E-state index contributed by atoms with van der Waals surface area (Å²) in [6, 6.07) is 8.96. The summed E-state index contributed by atoms with van der Waals surface area (Å²) in [5.41, 5.74) is 1.92. The van der Waals surface area contributed by atoms with Gasteiger partial charge in [-0.05, 0) is 43.2 Å². The molecule has 30 heavy (non-hydrogen) atoms. The predicted octanol–water partition coefficient (Wildman–Crippen LogP) is 2.98. The number of aromatic nitrogens is 2. The molecule has 1 spiro atoms. The maximum atomic E-state index is 14.4. The number of halogens is 1. The zero-order valence-corrected chi connectivity index (χ0v) is 17.2. The molecule has 1 saturated heterocycles. The maximum Gasteiger partial charge on any atom is 0.282 e. The normalized spacial score (nSPS) is 20.3. The molecule has 8 heteroatoms. The van der Waals surface area contributed by atoms with Crippen molar-refractivity contribution >= 4 is 17.9 Å². The Hall–Kier alpha value is -3.03. The Morgan fingerprint density at radius 1 is 1.27 bits per heavy atom. The van der Waals surface area contributed by atoms with E-state index in [1.54, 1.807) is 48.0 Å². The average Bonchev–Trinajstić information content (AvgIpc) is 3.30. The van der Waals surface area contributed by atoms with Crippen molar-refractivity contribution in [3.05, 3.63) is 53.1 Å². The largest absolute Gasteiger partial charge is 0.339 e. The van der Waals surface area contributed by atoms with E-state index >= 15 is 0 Å². The number of nitrogens with zero attached hydrogens (tertiary/aromatic N) is 4. The molecule has 1 aromatic carbocycles. The van der Waals surface area contributed by atoms with Gasteiger partial charge in [-0.15, -0.1) is 0 Å². The van der Waals surface area contributed by atoms with Crippen LogP contribution in [0.2, 0.25) is 0 Å². The van der Waals surface area contributed by atoms with Crippen molar-refractivity contribution < 1.29 is 18.6 Å². The van der Waals surface area contributed by atoms with Gasteiger partial charge in [0, 0.05) is 26.1 Å². The van der Waals surface area contributed by atoms with Crippen molar-refractivity contribution in [2.45, 2.75) is 32.7 Å². The SMILES string of the molecule is Cc1nonc1CN(C)C(=O)[C@H]1CC12CCN(C(=O)/C(F)=C/c1ccccc1)CC2. The summed E-state index contributed by atoms with van der Waals surface area (Å²) in [6.07, 6.45) is 3.51. The first kappa shape index (κ1) is 20.3. The molecule has 1 aliphatic heterocycles. The Morgan fingerprint density at radius 2 is 1.97 bits per heavy atom. The van der Waals surface area contributed by atoms with E-state index in [0.717, 1.165) is 6.42 Å². The van der Waals surface area contributed by atoms with Crippen molar-refractivity contribution in [1.29, 1.82) is 0 Å². The minimum Gasteiger partial charge on any atom is -0.339 e. The smallest absolute Gasteiger partial charge is 0.282 e. The topological polar surface area (TPSA) is 79.5 Å². The fourth-order valence-electron chi connectivity index (χ4n) is 4.27. The first-order chi connectivity index (χ1) is 14.4. The number of carbonyl (C=O) groups is 2. The van der Waals surface area contributed by atoms with E-state index in [4.69, 9.17) is 4.63 Å². The van der Waals surface area contributed by atoms with Crippen LogP contribution in [0.4, 0.5) is 4.39 Å². The van der Waals surface area contributed by atoms with Gasteiger partial charge in [0.1, 0.15) is 11.4 Å². The van der Waals surface area contributed by atoms with Gasteiger partial charge in [-0.2, -0.15) is 0 Å². The highest BCUT2D eigenvalue weighted by atomic mass is 19.1. The third kappa shape index (κ3) is 3.99. The number of benzene rings is 1. The van der Waals surface area contributed by atoms with E-state index in [1.165, 1.54) is 6.08 Å². The lowest BCUT2D eigenvalue weighted by Gasteiger charge is -2.32. The van der Waals surface area contributed by atoms with E-state index in [0.29, 0.717) is 49.4 Å². The first-order valence-electron chi connectivity index (χ1n) is 10.1. The Balaban J connectivity index is 1.31. The lowest BCUT2D eigenvalue weighted by Crippen LogP contribution is -2.41. The molecule has 1 aromatic heterocycles. The third-order valence-electron chi connectivity index (χ3n) is 6.34. The van der Waals surface area contributed by atoms with E-state index in [-0.39, 0.29) is 17.2 Å². The second-order valence-electron chi connectivity index (χ2n) is 8.30. The second-order valence-corrected chi connectivity index (χ2v) is 8.30. The molecule has 0 bridgehead atoms. The molecular weight excluding hydrogens is 387 g/mol. The first-order valence-corrected chi connectivity index (χ1v) is 10.1. The zero-order valence-electron chi connectivity index (χ0n) is 17.2. The Bertz CT molecular complexity index is 964. The molecule has 2 heterocycles. The minimum atomic E-state index is -0.753. The third-order valence-corrected chi connectivity index (χ3v) is 6.34. The van der Waals surface area contributed by atoms with Gasteiger partial charge < -0.3 is 9.80 Å². The van der Waals surface area contributed by atoms with Gasteiger partial charge in [0.05, 0.1) is 6.54 Å². The fraction of sp³-hybridized carbons (Fsp3) is 0.455. The van der Waals surface area contributed by atoms with E-state index in [2.05, 4.69) is 10.3 Å². The lowest BCUT2D eigenvalue weighted by atomic mass is 9.90. The van der Waals surface area contributed by atoms with Gasteiger partial charge >= 0.3 is 0 Å². The molecule has 1 atom stereocenters. The summed E-state index contributed by atoms with van der Waals surface area (Å²) in [5, 5.41) is 7.57. The van der Waals surface area contributed by atoms with Crippen LogP contribution >= 0.6 is 0 Å². The molecule has 1 aliphatic carbocycles. The molecule has 2 fully saturated rings. The van der Waals surface area contributed by atoms with Crippen LogP contribution in [0.3, 0.4) is 0 Å². The highest BCUT2D eigenvalue weighted by molar-refractivity contribution is 5.95. The monoisotopic (exact) mass is 412 g/mol. The number of amides is 2. The lowest BCUT2D eigenvalue weighted by molar-refractivity contribution is -0.133. The van der Waals surface area contributed by atoms with Crippen LogP contribution in [0.15, 0.2) is 40.8 Å². The molecular formula is C22H25FN4O3. The van der Waals surface area contributed by atoms with Gasteiger partial charge in [-0.25, -0.2) is 9.02 Å². The van der Waals surface area contributed by atoms with Crippen LogP contribution in [0.5, 0.6) is 0 Å². The summed E-state index contributed by atoms with van der Waals surface area (Å²) >= 11 is 0. The van der Waals surface area contributed by atoms with Gasteiger partial charge in [0.25, 0.3) is 5.91 Å². The predicted molar refractivity (Wildman–Crippen MR) is 107 cm³/mol. The van der Waals surface area contributed by atoms with E-state index < -0.39 is 11.7 Å². The van der Waals surface area contributed by atoms with Crippen LogP contribution in [0, 0.1) is 18.3 Å². The van der Waals surface area contributed by atoms with Crippen LogP contribution in [-0.2, 0) is 16.1 Å². The molecule has 0 radical (unpaired) electrons. The fourth-order valence-corrected chi connectivity index (χ4v) is 4.27. The summed E-state index contributed by atoms with van der Waals surface area (Å²) in [5.74, 6) is -1.31. The van der Waals surface area contributed by atoms with Gasteiger partial charge in [-0.3, -0.25) is 9.59 Å². The van der Waals surface area contributed by atoms with E-state index in [1.807, 2.05) is 6.07 Å². The van der Waals surface area contributed by atoms with Crippen molar-refractivity contribution in [2.75, 3.05) is 20.1 Å². The van der Waals surface area contributed by atoms with Gasteiger partial charge in [0.2, 0.25) is 5.91 Å². The summed E-state index contributed by atoms with van der Waals surface area (Å²) < 4.78 is 19.1. The molecule has 158 valence electrons. The van der Waals surface area contributed by atoms with Crippen molar-refractivity contribution in [1.82, 2.24) is 20.1 Å². The number of hydrogen-bond acceptors (Lipinski definition) is 5. The number of rotatable bonds is 5. The summed E-state index contributed by atoms with van der Waals surface area (Å²) in [7, 11) is 1.75. The number of likely N-dealkylation sites (tertiary alicyclic amines) is 1. The number of carbonyl (C=O) groups excluding carboxylic acids is 2. The number of aryl methyl sites for hydroxylation is 1. The van der Waals surface area contributed by atoms with Crippen LogP contribution in [0.1, 0.15) is 36.2 Å². The van der Waals surface area contributed by atoms with Crippen LogP contribution in [-0.4, -0.2) is 52.1 Å².